The minimum Gasteiger partial charge on any atom is -0.447 e. The molecule has 11 nitrogen and oxygen atoms in total. The smallest absolute Gasteiger partial charge is 0.447 e. The van der Waals surface area contributed by atoms with Gasteiger partial charge in [-0.2, -0.15) is 0 Å². The van der Waals surface area contributed by atoms with E-state index in [0.29, 0.717) is 16.3 Å². The number of aromatic nitrogens is 1. The van der Waals surface area contributed by atoms with Gasteiger partial charge in [-0.05, 0) is 67.0 Å². The normalized spacial score (nSPS) is 12.5. The lowest BCUT2D eigenvalue weighted by Crippen LogP contribution is -2.48. The number of pyridine rings is 1. The van der Waals surface area contributed by atoms with E-state index >= 15 is 0 Å². The van der Waals surface area contributed by atoms with E-state index in [1.807, 2.05) is 13.8 Å². The number of nitrogens with zero attached hydrogens (tertiary/aromatic N) is 2. The van der Waals surface area contributed by atoms with Crippen LogP contribution in [-0.2, 0) is 29.4 Å². The van der Waals surface area contributed by atoms with E-state index in [4.69, 9.17) is 29.9 Å². The zero-order valence-corrected chi connectivity index (χ0v) is 27.4. The average Bonchev–Trinajstić information content (AvgIpc) is 2.98. The summed E-state index contributed by atoms with van der Waals surface area (Å²) in [4.78, 5) is 31.4. The van der Waals surface area contributed by atoms with Gasteiger partial charge in [-0.15, -0.1) is 0 Å². The molecule has 15 heteroatoms. The van der Waals surface area contributed by atoms with Gasteiger partial charge < -0.3 is 15.0 Å². The zero-order chi connectivity index (χ0) is 33.2. The number of phosphoric ester groups is 1. The second-order valence-corrected chi connectivity index (χ2v) is 12.9. The van der Waals surface area contributed by atoms with Crippen molar-refractivity contribution in [2.75, 3.05) is 38.8 Å². The first-order valence-corrected chi connectivity index (χ1v) is 16.1. The number of carbonyl (C=O) groups is 2. The fraction of sp³-hybridized carbons (Fsp3) is 0.433. The number of carbonyl (C=O) groups excluding carboxylic acids is 2. The summed E-state index contributed by atoms with van der Waals surface area (Å²) < 4.78 is 61.9. The summed E-state index contributed by atoms with van der Waals surface area (Å²) in [7, 11) is -2.30. The maximum Gasteiger partial charge on any atom is 0.474 e. The summed E-state index contributed by atoms with van der Waals surface area (Å²) in [5.41, 5.74) is -0.344. The lowest BCUT2D eigenvalue weighted by molar-refractivity contribution is 0.0562. The van der Waals surface area contributed by atoms with Gasteiger partial charge in [-0.1, -0.05) is 37.6 Å². The molecule has 3 amide bonds. The summed E-state index contributed by atoms with van der Waals surface area (Å²) in [6, 6.07) is 8.71. The van der Waals surface area contributed by atoms with Crippen molar-refractivity contribution in [1.29, 1.82) is 0 Å². The van der Waals surface area contributed by atoms with Crippen molar-refractivity contribution >= 4 is 48.1 Å². The first-order chi connectivity index (χ1) is 21.3. The van der Waals surface area contributed by atoms with Crippen molar-refractivity contribution in [1.82, 2.24) is 15.2 Å². The van der Waals surface area contributed by atoms with Gasteiger partial charge in [0.15, 0.2) is 0 Å². The van der Waals surface area contributed by atoms with E-state index in [2.05, 4.69) is 15.6 Å². The molecule has 0 aliphatic rings. The molecule has 1 heterocycles. The van der Waals surface area contributed by atoms with E-state index in [9.17, 15) is 22.9 Å². The van der Waals surface area contributed by atoms with Gasteiger partial charge in [0.05, 0.1) is 30.9 Å². The third-order valence-corrected chi connectivity index (χ3v) is 8.64. The number of halogens is 3. The largest absolute Gasteiger partial charge is 0.474 e. The molecule has 3 rings (SSSR count). The van der Waals surface area contributed by atoms with Crippen molar-refractivity contribution in [2.45, 2.75) is 46.7 Å². The maximum absolute atomic E-state index is 13.9. The highest BCUT2D eigenvalue weighted by Crippen LogP contribution is 2.50. The number of phosphoric acid groups is 1. The molecule has 2 aromatic carbocycles. The Labute approximate surface area is 266 Å². The van der Waals surface area contributed by atoms with Gasteiger partial charge >= 0.3 is 19.9 Å². The number of amides is 3. The summed E-state index contributed by atoms with van der Waals surface area (Å²) in [5.74, 6) is -0.904. The lowest BCUT2D eigenvalue weighted by atomic mass is 9.86. The van der Waals surface area contributed by atoms with Crippen LogP contribution in [0.15, 0.2) is 48.7 Å². The first kappa shape index (κ1) is 36.1. The molecule has 0 spiro atoms. The number of rotatable bonds is 15. The number of anilines is 1. The molecule has 1 aromatic heterocycles. The molecule has 3 aromatic rings. The first-order valence-electron chi connectivity index (χ1n) is 14.2. The van der Waals surface area contributed by atoms with Crippen LogP contribution in [0.25, 0.3) is 10.8 Å². The molecular formula is C30H38ClF2N4O7P. The van der Waals surface area contributed by atoms with Crippen molar-refractivity contribution in [3.63, 3.8) is 0 Å². The molecule has 0 aliphatic carbocycles. The quantitative estimate of drug-likeness (QED) is 0.159. The van der Waals surface area contributed by atoms with Crippen LogP contribution in [0.1, 0.15) is 39.7 Å². The van der Waals surface area contributed by atoms with E-state index in [-0.39, 0.29) is 50.2 Å². The molecule has 0 saturated heterocycles. The van der Waals surface area contributed by atoms with Gasteiger partial charge in [0, 0.05) is 25.2 Å². The average molecular weight is 671 g/mol. The van der Waals surface area contributed by atoms with Crippen LogP contribution in [0.4, 0.5) is 24.2 Å². The SMILES string of the molecule is CCOP(=O)(OCC)OCC(C)(C)CC(COC(=O)Nc1cc2cc(F)ccc2cn1)N(C)C(=O)NCc1cccc(F)c1Cl. The van der Waals surface area contributed by atoms with Crippen LogP contribution in [0.5, 0.6) is 0 Å². The second-order valence-electron chi connectivity index (χ2n) is 10.8. The van der Waals surface area contributed by atoms with E-state index < -0.39 is 43.0 Å². The van der Waals surface area contributed by atoms with Gasteiger partial charge in [-0.25, -0.2) is 27.9 Å². The van der Waals surface area contributed by atoms with Crippen molar-refractivity contribution in [3.05, 3.63) is 70.9 Å². The molecule has 0 aliphatic heterocycles. The predicted octanol–water partition coefficient (Wildman–Crippen LogP) is 7.54. The zero-order valence-electron chi connectivity index (χ0n) is 25.8. The minimum atomic E-state index is -3.81. The Morgan fingerprint density at radius 3 is 2.47 bits per heavy atom. The summed E-state index contributed by atoms with van der Waals surface area (Å²) >= 11 is 6.03. The van der Waals surface area contributed by atoms with E-state index in [1.54, 1.807) is 26.0 Å². The Morgan fingerprint density at radius 2 is 1.78 bits per heavy atom. The molecule has 0 bridgehead atoms. The topological polar surface area (TPSA) is 128 Å². The molecule has 0 fully saturated rings. The molecule has 1 atom stereocenters. The Kier molecular flexibility index (Phi) is 13.1. The maximum atomic E-state index is 13.9. The minimum absolute atomic E-state index is 0.0551. The number of hydrogen-bond donors (Lipinski definition) is 2. The lowest BCUT2D eigenvalue weighted by Gasteiger charge is -2.35. The van der Waals surface area contributed by atoms with Crippen LogP contribution in [-0.4, -0.2) is 61.5 Å². The van der Waals surface area contributed by atoms with E-state index in [0.717, 1.165) is 0 Å². The van der Waals surface area contributed by atoms with Gasteiger partial charge in [0.25, 0.3) is 0 Å². The predicted molar refractivity (Wildman–Crippen MR) is 167 cm³/mol. The number of ether oxygens (including phenoxy) is 1. The monoisotopic (exact) mass is 670 g/mol. The van der Waals surface area contributed by atoms with Crippen LogP contribution in [0.2, 0.25) is 5.02 Å². The summed E-state index contributed by atoms with van der Waals surface area (Å²) in [5, 5.41) is 6.32. The van der Waals surface area contributed by atoms with Crippen molar-refractivity contribution in [3.8, 4) is 0 Å². The molecule has 0 saturated carbocycles. The van der Waals surface area contributed by atoms with Crippen molar-refractivity contribution < 1.29 is 41.2 Å². The van der Waals surface area contributed by atoms with Gasteiger partial charge in [0.1, 0.15) is 24.1 Å². The third kappa shape index (κ3) is 10.9. The third-order valence-electron chi connectivity index (χ3n) is 6.63. The van der Waals surface area contributed by atoms with Crippen molar-refractivity contribution in [2.24, 2.45) is 5.41 Å². The molecule has 1 unspecified atom stereocenters. The fourth-order valence-electron chi connectivity index (χ4n) is 4.33. The summed E-state index contributed by atoms with van der Waals surface area (Å²) in [6.45, 7) is 6.81. The molecule has 2 N–H and O–H groups in total. The number of hydrogen-bond acceptors (Lipinski definition) is 8. The molecule has 45 heavy (non-hydrogen) atoms. The molecular weight excluding hydrogens is 633 g/mol. The Balaban J connectivity index is 1.72. The Hall–Kier alpha value is -3.35. The Bertz CT molecular complexity index is 1520. The molecule has 0 radical (unpaired) electrons. The standard InChI is InChI=1S/C30H38ClF2N4O7P/c1-6-42-45(40,43-7-2)44-19-30(3,4)15-24(37(5)28(38)35-17-21-9-8-10-25(33)27(21)31)18-41-29(39)36-26-14-22-13-23(32)12-11-20(22)16-34-26/h8-14,16,24H,6-7,15,17-19H2,1-5H3,(H,35,38)(H,34,36,39). The highest BCUT2D eigenvalue weighted by atomic mass is 35.5. The van der Waals surface area contributed by atoms with Crippen LogP contribution in [0, 0.1) is 17.0 Å². The van der Waals surface area contributed by atoms with Gasteiger partial charge in [0.2, 0.25) is 0 Å². The van der Waals surface area contributed by atoms with Crippen LogP contribution in [0.3, 0.4) is 0 Å². The second kappa shape index (κ2) is 16.3. The number of benzene rings is 2. The highest BCUT2D eigenvalue weighted by Gasteiger charge is 2.34. The fourth-order valence-corrected chi connectivity index (χ4v) is 5.88. The number of nitrogens with one attached hydrogen (secondary N) is 2. The number of urea groups is 1. The van der Waals surface area contributed by atoms with Gasteiger partial charge in [-0.3, -0.25) is 18.9 Å². The summed E-state index contributed by atoms with van der Waals surface area (Å²) in [6.07, 6.45) is 0.855. The number of fused-ring (bicyclic) bond motifs is 1. The van der Waals surface area contributed by atoms with E-state index in [1.165, 1.54) is 48.5 Å². The Morgan fingerprint density at radius 1 is 1.07 bits per heavy atom. The molecule has 246 valence electrons. The van der Waals surface area contributed by atoms with Crippen LogP contribution >= 0.6 is 19.4 Å². The van der Waals surface area contributed by atoms with Crippen LogP contribution < -0.4 is 10.6 Å². The highest BCUT2D eigenvalue weighted by molar-refractivity contribution is 7.48. The number of likely N-dealkylation sites (N-methyl/N-ethyl adjacent to an activating group) is 1.